The fourth-order valence-electron chi connectivity index (χ4n) is 2.64. The summed E-state index contributed by atoms with van der Waals surface area (Å²) in [7, 11) is 0. The SMILES string of the molecule is CCOC(=O)Nc1cccc(I)c1COc1cc(C)c(CC)cc1C. The third-order valence-electron chi connectivity index (χ3n) is 4.02. The quantitative estimate of drug-likeness (QED) is 0.578. The summed E-state index contributed by atoms with van der Waals surface area (Å²) in [6.45, 7) is 8.81. The van der Waals surface area contributed by atoms with E-state index in [4.69, 9.17) is 9.47 Å². The molecule has 25 heavy (non-hydrogen) atoms. The first-order valence-electron chi connectivity index (χ1n) is 8.40. The van der Waals surface area contributed by atoms with Crippen molar-refractivity contribution in [2.75, 3.05) is 11.9 Å². The van der Waals surface area contributed by atoms with E-state index in [1.54, 1.807) is 6.92 Å². The summed E-state index contributed by atoms with van der Waals surface area (Å²) in [6, 6.07) is 10.0. The number of aryl methyl sites for hydroxylation is 3. The van der Waals surface area contributed by atoms with Crippen LogP contribution in [-0.4, -0.2) is 12.7 Å². The van der Waals surface area contributed by atoms with Crippen molar-refractivity contribution >= 4 is 34.4 Å². The first-order valence-corrected chi connectivity index (χ1v) is 9.48. The van der Waals surface area contributed by atoms with Crippen LogP contribution in [-0.2, 0) is 17.8 Å². The maximum absolute atomic E-state index is 11.7. The van der Waals surface area contributed by atoms with E-state index in [2.05, 4.69) is 60.8 Å². The van der Waals surface area contributed by atoms with Crippen LogP contribution in [0.25, 0.3) is 0 Å². The number of rotatable bonds is 6. The van der Waals surface area contributed by atoms with E-state index in [9.17, 15) is 4.79 Å². The van der Waals surface area contributed by atoms with Gasteiger partial charge in [-0.3, -0.25) is 5.32 Å². The van der Waals surface area contributed by atoms with Crippen LogP contribution < -0.4 is 10.1 Å². The van der Waals surface area contributed by atoms with Gasteiger partial charge in [-0.25, -0.2) is 4.79 Å². The van der Waals surface area contributed by atoms with Crippen molar-refractivity contribution in [1.82, 2.24) is 0 Å². The van der Waals surface area contributed by atoms with Crippen molar-refractivity contribution in [3.8, 4) is 5.75 Å². The van der Waals surface area contributed by atoms with E-state index in [1.165, 1.54) is 11.1 Å². The molecule has 0 saturated heterocycles. The lowest BCUT2D eigenvalue weighted by molar-refractivity contribution is 0.168. The van der Waals surface area contributed by atoms with Crippen LogP contribution in [0.2, 0.25) is 0 Å². The second-order valence-electron chi connectivity index (χ2n) is 5.80. The van der Waals surface area contributed by atoms with Crippen LogP contribution in [0.5, 0.6) is 5.75 Å². The molecule has 0 radical (unpaired) electrons. The Kier molecular flexibility index (Phi) is 7.11. The number of carbonyl (C=O) groups is 1. The molecule has 0 bridgehead atoms. The molecule has 0 spiro atoms. The van der Waals surface area contributed by atoms with Gasteiger partial charge in [0.25, 0.3) is 0 Å². The maximum atomic E-state index is 11.7. The zero-order valence-electron chi connectivity index (χ0n) is 15.1. The highest BCUT2D eigenvalue weighted by atomic mass is 127. The van der Waals surface area contributed by atoms with Gasteiger partial charge in [-0.05, 0) is 84.7 Å². The molecule has 0 fully saturated rings. The molecule has 2 aromatic rings. The zero-order chi connectivity index (χ0) is 18.4. The molecule has 0 aliphatic heterocycles. The molecule has 5 heteroatoms. The van der Waals surface area contributed by atoms with E-state index in [0.29, 0.717) is 18.9 Å². The summed E-state index contributed by atoms with van der Waals surface area (Å²) in [5, 5.41) is 2.79. The largest absolute Gasteiger partial charge is 0.489 e. The predicted octanol–water partition coefficient (Wildman–Crippen LogP) is 5.62. The molecular formula is C20H24INO3. The molecule has 0 aliphatic rings. The number of benzene rings is 2. The summed E-state index contributed by atoms with van der Waals surface area (Å²) in [5.41, 5.74) is 5.34. The summed E-state index contributed by atoms with van der Waals surface area (Å²) in [4.78, 5) is 11.7. The molecule has 0 unspecified atom stereocenters. The molecule has 0 heterocycles. The highest BCUT2D eigenvalue weighted by molar-refractivity contribution is 14.1. The van der Waals surface area contributed by atoms with Crippen LogP contribution in [0.1, 0.15) is 36.1 Å². The number of carbonyl (C=O) groups excluding carboxylic acids is 1. The summed E-state index contributed by atoms with van der Waals surface area (Å²) in [6.07, 6.45) is 0.557. The molecule has 2 aromatic carbocycles. The lowest BCUT2D eigenvalue weighted by atomic mass is 10.0. The monoisotopic (exact) mass is 453 g/mol. The Morgan fingerprint density at radius 3 is 2.60 bits per heavy atom. The molecule has 0 saturated carbocycles. The van der Waals surface area contributed by atoms with Crippen molar-refractivity contribution in [3.05, 3.63) is 56.2 Å². The van der Waals surface area contributed by atoms with Gasteiger partial charge in [0.2, 0.25) is 0 Å². The maximum Gasteiger partial charge on any atom is 0.411 e. The number of nitrogens with one attached hydrogen (secondary N) is 1. The number of hydrogen-bond donors (Lipinski definition) is 1. The van der Waals surface area contributed by atoms with E-state index in [-0.39, 0.29) is 0 Å². The van der Waals surface area contributed by atoms with E-state index < -0.39 is 6.09 Å². The van der Waals surface area contributed by atoms with Crippen LogP contribution in [0, 0.1) is 17.4 Å². The van der Waals surface area contributed by atoms with Gasteiger partial charge in [-0.2, -0.15) is 0 Å². The van der Waals surface area contributed by atoms with Gasteiger partial charge in [-0.1, -0.05) is 19.1 Å². The number of amides is 1. The summed E-state index contributed by atoms with van der Waals surface area (Å²) >= 11 is 2.25. The lowest BCUT2D eigenvalue weighted by Crippen LogP contribution is -2.15. The van der Waals surface area contributed by atoms with Crippen molar-refractivity contribution < 1.29 is 14.3 Å². The lowest BCUT2D eigenvalue weighted by Gasteiger charge is -2.16. The van der Waals surface area contributed by atoms with E-state index >= 15 is 0 Å². The highest BCUT2D eigenvalue weighted by Crippen LogP contribution is 2.27. The minimum atomic E-state index is -0.454. The smallest absolute Gasteiger partial charge is 0.411 e. The molecule has 2 rings (SSSR count). The summed E-state index contributed by atoms with van der Waals surface area (Å²) in [5.74, 6) is 0.872. The van der Waals surface area contributed by atoms with Gasteiger partial charge in [0.15, 0.2) is 0 Å². The molecule has 1 amide bonds. The van der Waals surface area contributed by atoms with Crippen LogP contribution in [0.3, 0.4) is 0 Å². The molecule has 134 valence electrons. The van der Waals surface area contributed by atoms with Gasteiger partial charge < -0.3 is 9.47 Å². The number of hydrogen-bond acceptors (Lipinski definition) is 3. The Hall–Kier alpha value is -1.76. The van der Waals surface area contributed by atoms with Gasteiger partial charge in [0.05, 0.1) is 12.3 Å². The third-order valence-corrected chi connectivity index (χ3v) is 5.03. The Morgan fingerprint density at radius 2 is 1.92 bits per heavy atom. The minimum Gasteiger partial charge on any atom is -0.489 e. The molecule has 4 nitrogen and oxygen atoms in total. The number of halogens is 1. The van der Waals surface area contributed by atoms with Crippen LogP contribution in [0.4, 0.5) is 10.5 Å². The average molecular weight is 453 g/mol. The second kappa shape index (κ2) is 9.08. The number of ether oxygens (including phenoxy) is 2. The fraction of sp³-hybridized carbons (Fsp3) is 0.350. The minimum absolute atomic E-state index is 0.337. The topological polar surface area (TPSA) is 47.6 Å². The molecule has 0 atom stereocenters. The molecule has 0 aromatic heterocycles. The molecule has 0 aliphatic carbocycles. The molecule has 1 N–H and O–H groups in total. The Bertz CT molecular complexity index is 759. The van der Waals surface area contributed by atoms with Gasteiger partial charge in [0.1, 0.15) is 12.4 Å². The summed E-state index contributed by atoms with van der Waals surface area (Å²) < 4.78 is 12.1. The van der Waals surface area contributed by atoms with Crippen molar-refractivity contribution in [2.24, 2.45) is 0 Å². The van der Waals surface area contributed by atoms with Crippen molar-refractivity contribution in [3.63, 3.8) is 0 Å². The number of anilines is 1. The van der Waals surface area contributed by atoms with Crippen LogP contribution >= 0.6 is 22.6 Å². The van der Waals surface area contributed by atoms with Crippen molar-refractivity contribution in [1.29, 1.82) is 0 Å². The Balaban J connectivity index is 2.20. The first-order chi connectivity index (χ1) is 12.0. The standard InChI is InChI=1S/C20H24INO3/c1-5-15-10-14(4)19(11-13(15)3)25-12-16-17(21)8-7-9-18(16)22-20(23)24-6-2/h7-11H,5-6,12H2,1-4H3,(H,22,23). The predicted molar refractivity (Wildman–Crippen MR) is 109 cm³/mol. The normalized spacial score (nSPS) is 10.4. The first kappa shape index (κ1) is 19.6. The second-order valence-corrected chi connectivity index (χ2v) is 6.96. The van der Waals surface area contributed by atoms with Crippen LogP contribution in [0.15, 0.2) is 30.3 Å². The Morgan fingerprint density at radius 1 is 1.16 bits per heavy atom. The van der Waals surface area contributed by atoms with Gasteiger partial charge in [-0.15, -0.1) is 0 Å². The van der Waals surface area contributed by atoms with E-state index in [0.717, 1.165) is 26.9 Å². The van der Waals surface area contributed by atoms with E-state index in [1.807, 2.05) is 18.2 Å². The highest BCUT2D eigenvalue weighted by Gasteiger charge is 2.12. The fourth-order valence-corrected chi connectivity index (χ4v) is 3.29. The van der Waals surface area contributed by atoms with Gasteiger partial charge >= 0.3 is 6.09 Å². The zero-order valence-corrected chi connectivity index (χ0v) is 17.3. The molecular weight excluding hydrogens is 429 g/mol. The van der Waals surface area contributed by atoms with Gasteiger partial charge in [0, 0.05) is 9.13 Å². The third kappa shape index (κ3) is 5.11. The Labute approximate surface area is 163 Å². The van der Waals surface area contributed by atoms with Crippen molar-refractivity contribution in [2.45, 2.75) is 40.7 Å². The average Bonchev–Trinajstić information content (AvgIpc) is 2.57.